The summed E-state index contributed by atoms with van der Waals surface area (Å²) in [5.41, 5.74) is 3.66. The molecule has 2 nitrogen and oxygen atoms in total. The molecule has 0 fully saturated rings. The summed E-state index contributed by atoms with van der Waals surface area (Å²) >= 11 is 0. The summed E-state index contributed by atoms with van der Waals surface area (Å²) in [5.74, 6) is 0.364. The van der Waals surface area contributed by atoms with E-state index >= 15 is 0 Å². The molecule has 0 heterocycles. The molecule has 0 unspecified atom stereocenters. The van der Waals surface area contributed by atoms with Crippen molar-refractivity contribution in [2.24, 2.45) is 0 Å². The molecular formula is C54H52O2P2. The van der Waals surface area contributed by atoms with Gasteiger partial charge in [0.1, 0.15) is 0 Å². The van der Waals surface area contributed by atoms with E-state index in [0.29, 0.717) is 11.1 Å². The van der Waals surface area contributed by atoms with Crippen LogP contribution in [0, 0.1) is 0 Å². The monoisotopic (exact) mass is 794 g/mol. The topological polar surface area (TPSA) is 40.5 Å². The van der Waals surface area contributed by atoms with Crippen molar-refractivity contribution >= 4 is 46.4 Å². The number of hydrogen-bond acceptors (Lipinski definition) is 2. The van der Waals surface area contributed by atoms with E-state index in [1.165, 1.54) is 31.8 Å². The van der Waals surface area contributed by atoms with E-state index in [1.807, 2.05) is 12.1 Å². The van der Waals surface area contributed by atoms with E-state index in [1.54, 1.807) is 12.1 Å². The van der Waals surface area contributed by atoms with E-state index in [4.69, 9.17) is 0 Å². The predicted molar refractivity (Wildman–Crippen MR) is 255 cm³/mol. The van der Waals surface area contributed by atoms with Gasteiger partial charge in [-0.25, -0.2) is 0 Å². The third-order valence-corrected chi connectivity index (χ3v) is 22.2. The van der Waals surface area contributed by atoms with Gasteiger partial charge in [-0.2, -0.15) is 0 Å². The Hall–Kier alpha value is -5.78. The fourth-order valence-electron chi connectivity index (χ4n) is 9.23. The summed E-state index contributed by atoms with van der Waals surface area (Å²) in [6.07, 6.45) is 5.78. The van der Waals surface area contributed by atoms with E-state index in [9.17, 15) is 10.2 Å². The van der Waals surface area contributed by atoms with Crippen molar-refractivity contribution in [3.8, 4) is 22.6 Å². The molecule has 58 heavy (non-hydrogen) atoms. The van der Waals surface area contributed by atoms with Crippen molar-refractivity contribution in [2.75, 3.05) is 12.3 Å². The van der Waals surface area contributed by atoms with Crippen molar-refractivity contribution in [1.29, 1.82) is 0 Å². The van der Waals surface area contributed by atoms with Crippen LogP contribution in [0.1, 0.15) is 24.0 Å². The molecule has 4 heteroatoms. The first-order valence-corrected chi connectivity index (χ1v) is 25.0. The number of phenols is 2. The van der Waals surface area contributed by atoms with E-state index in [-0.39, 0.29) is 11.5 Å². The first-order valence-electron chi connectivity index (χ1n) is 20.6. The Bertz CT molecular complexity index is 2140. The third-order valence-electron chi connectivity index (χ3n) is 12.0. The quantitative estimate of drug-likeness (QED) is 0.102. The molecule has 2 N–H and O–H groups in total. The summed E-state index contributed by atoms with van der Waals surface area (Å²) in [7, 11) is -4.72. The summed E-state index contributed by atoms with van der Waals surface area (Å²) in [6.45, 7) is 0. The van der Waals surface area contributed by atoms with Crippen molar-refractivity contribution < 1.29 is 10.2 Å². The van der Waals surface area contributed by atoms with Gasteiger partial charge in [0.15, 0.2) is 0 Å². The number of aryl methyl sites for hydroxylation is 2. The standard InChI is InChI=1S/C54H52O2P2/c55-53-37-35-43(21-19-39-57(45-23-7-1-8-24-45,46-25-9-2-10-26-46)47-27-11-3-12-28-47)41-51(53)52-42-44(36-38-54(52)56)22-20-40-58(48-29-13-4-14-30-48,49-31-15-5-16-32-49)50-33-17-6-18-34-50/h1-18,23-38,41-42,55-58H,19-22,39-40H2. The molecule has 0 spiro atoms. The van der Waals surface area contributed by atoms with Gasteiger partial charge in [0, 0.05) is 0 Å². The molecule has 0 aromatic heterocycles. The van der Waals surface area contributed by atoms with Crippen molar-refractivity contribution in [2.45, 2.75) is 25.7 Å². The number of hydrogen-bond donors (Lipinski definition) is 2. The van der Waals surface area contributed by atoms with Gasteiger partial charge in [-0.3, -0.25) is 0 Å². The first kappa shape index (κ1) is 39.1. The molecule has 0 aliphatic carbocycles. The first-order chi connectivity index (χ1) is 28.6. The average Bonchev–Trinajstić information content (AvgIpc) is 3.30. The fraction of sp³-hybridized carbons (Fsp3) is 0.111. The van der Waals surface area contributed by atoms with Gasteiger partial charge in [-0.15, -0.1) is 0 Å². The SMILES string of the molecule is Oc1ccc(CCC[PH](c2ccccc2)(c2ccccc2)c2ccccc2)cc1-c1cc(CCC[PH](c2ccccc2)(c2ccccc2)c2ccccc2)ccc1O. The number of benzene rings is 8. The Morgan fingerprint density at radius 3 is 0.776 bits per heavy atom. The van der Waals surface area contributed by atoms with Crippen molar-refractivity contribution in [1.82, 2.24) is 0 Å². The second-order valence-electron chi connectivity index (χ2n) is 15.4. The molecule has 0 amide bonds. The molecular weight excluding hydrogens is 743 g/mol. The van der Waals surface area contributed by atoms with Crippen molar-refractivity contribution in [3.05, 3.63) is 230 Å². The zero-order valence-electron chi connectivity index (χ0n) is 32.9. The zero-order valence-corrected chi connectivity index (χ0v) is 34.9. The summed E-state index contributed by atoms with van der Waals surface area (Å²) < 4.78 is 0. The summed E-state index contributed by atoms with van der Waals surface area (Å²) in [6, 6.07) is 78.3. The zero-order chi connectivity index (χ0) is 39.6. The Balaban J connectivity index is 1.05. The minimum atomic E-state index is -2.36. The number of aromatic hydroxyl groups is 2. The normalized spacial score (nSPS) is 12.2. The molecule has 0 saturated heterocycles. The van der Waals surface area contributed by atoms with Crippen LogP contribution in [0.5, 0.6) is 11.5 Å². The van der Waals surface area contributed by atoms with Crippen LogP contribution in [0.15, 0.2) is 218 Å². The molecule has 0 atom stereocenters. The van der Waals surface area contributed by atoms with Gasteiger partial charge in [0.2, 0.25) is 0 Å². The van der Waals surface area contributed by atoms with E-state index in [2.05, 4.69) is 194 Å². The van der Waals surface area contributed by atoms with Crippen LogP contribution < -0.4 is 31.8 Å². The Morgan fingerprint density at radius 2 is 0.534 bits per heavy atom. The maximum atomic E-state index is 11.3. The predicted octanol–water partition coefficient (Wildman–Crippen LogP) is 10.1. The summed E-state index contributed by atoms with van der Waals surface area (Å²) in [5, 5.41) is 31.0. The van der Waals surface area contributed by atoms with Crippen LogP contribution in [0.3, 0.4) is 0 Å². The fourth-order valence-corrected chi connectivity index (χ4v) is 18.9. The van der Waals surface area contributed by atoms with Gasteiger partial charge >= 0.3 is 347 Å². The van der Waals surface area contributed by atoms with Gasteiger partial charge < -0.3 is 0 Å². The molecule has 0 radical (unpaired) electrons. The van der Waals surface area contributed by atoms with E-state index < -0.39 is 14.5 Å². The van der Waals surface area contributed by atoms with Crippen LogP contribution in [0.25, 0.3) is 11.1 Å². The van der Waals surface area contributed by atoms with Gasteiger partial charge in [0.05, 0.1) is 0 Å². The second kappa shape index (κ2) is 18.2. The number of rotatable bonds is 15. The molecule has 0 saturated carbocycles. The van der Waals surface area contributed by atoms with Crippen molar-refractivity contribution in [3.63, 3.8) is 0 Å². The van der Waals surface area contributed by atoms with Crippen LogP contribution in [-0.2, 0) is 12.8 Å². The Labute approximate surface area is 345 Å². The minimum absolute atomic E-state index is 0.182. The van der Waals surface area contributed by atoms with Crippen LogP contribution >= 0.6 is 14.5 Å². The molecule has 8 aromatic rings. The number of phenolic OH excluding ortho intramolecular Hbond substituents is 2. The molecule has 0 aliphatic heterocycles. The third kappa shape index (κ3) is 8.14. The van der Waals surface area contributed by atoms with Crippen LogP contribution in [0.4, 0.5) is 0 Å². The molecule has 290 valence electrons. The molecule has 8 aromatic carbocycles. The molecule has 8 rings (SSSR count). The molecule has 0 aliphatic rings. The Morgan fingerprint density at radius 1 is 0.293 bits per heavy atom. The van der Waals surface area contributed by atoms with Crippen LogP contribution in [-0.4, -0.2) is 22.5 Å². The second-order valence-corrected chi connectivity index (χ2v) is 23.5. The average molecular weight is 795 g/mol. The maximum absolute atomic E-state index is 11.3. The Kier molecular flexibility index (Phi) is 12.3. The van der Waals surface area contributed by atoms with Gasteiger partial charge in [-0.1, -0.05) is 0 Å². The van der Waals surface area contributed by atoms with Gasteiger partial charge in [-0.05, 0) is 0 Å². The molecule has 0 bridgehead atoms. The van der Waals surface area contributed by atoms with E-state index in [0.717, 1.165) is 49.1 Å². The van der Waals surface area contributed by atoms with Crippen LogP contribution in [0.2, 0.25) is 0 Å². The summed E-state index contributed by atoms with van der Waals surface area (Å²) in [4.78, 5) is 0. The van der Waals surface area contributed by atoms with Gasteiger partial charge in [0.25, 0.3) is 0 Å².